The Labute approximate surface area is 227 Å². The zero-order valence-electron chi connectivity index (χ0n) is 22.3. The number of amides is 1. The predicted molar refractivity (Wildman–Crippen MR) is 149 cm³/mol. The lowest BCUT2D eigenvalue weighted by Crippen LogP contribution is -2.43. The first-order valence-corrected chi connectivity index (χ1v) is 12.8. The van der Waals surface area contributed by atoms with E-state index in [1.54, 1.807) is 56.8 Å². The van der Waals surface area contributed by atoms with Crippen LogP contribution in [0.5, 0.6) is 23.0 Å². The molecular formula is C31H32N2O6. The molecule has 0 aliphatic rings. The number of carbonyl (C=O) groups is 2. The van der Waals surface area contributed by atoms with Crippen molar-refractivity contribution in [2.45, 2.75) is 32.2 Å². The Morgan fingerprint density at radius 1 is 0.897 bits per heavy atom. The number of ether oxygens (including phenoxy) is 4. The molecule has 1 aromatic heterocycles. The number of esters is 1. The number of hydrogen-bond donors (Lipinski definition) is 1. The molecule has 1 atom stereocenters. The van der Waals surface area contributed by atoms with Crippen LogP contribution in [0.1, 0.15) is 35.7 Å². The number of aromatic nitrogens is 1. The molecule has 39 heavy (non-hydrogen) atoms. The molecule has 0 saturated carbocycles. The molecule has 4 rings (SSSR count). The van der Waals surface area contributed by atoms with Crippen molar-refractivity contribution in [1.29, 1.82) is 0 Å². The Morgan fingerprint density at radius 2 is 1.62 bits per heavy atom. The van der Waals surface area contributed by atoms with E-state index >= 15 is 0 Å². The van der Waals surface area contributed by atoms with Gasteiger partial charge in [-0.15, -0.1) is 0 Å². The molecule has 0 bridgehead atoms. The minimum Gasteiger partial charge on any atom is -0.493 e. The number of nitrogens with zero attached hydrogens (tertiary/aromatic N) is 1. The van der Waals surface area contributed by atoms with Crippen molar-refractivity contribution >= 4 is 22.8 Å². The number of methoxy groups -OCH3 is 2. The van der Waals surface area contributed by atoms with Crippen LogP contribution < -0.4 is 19.5 Å². The Balaban J connectivity index is 1.50. The fourth-order valence-electron chi connectivity index (χ4n) is 4.03. The van der Waals surface area contributed by atoms with Crippen LogP contribution in [0, 0.1) is 0 Å². The molecule has 8 nitrogen and oxygen atoms in total. The molecule has 0 fully saturated rings. The van der Waals surface area contributed by atoms with Gasteiger partial charge in [-0.05, 0) is 48.4 Å². The Kier molecular flexibility index (Phi) is 9.34. The van der Waals surface area contributed by atoms with E-state index in [0.717, 1.165) is 23.8 Å². The lowest BCUT2D eigenvalue weighted by molar-refractivity contribution is -0.146. The fraction of sp³-hybridized carbons (Fsp3) is 0.258. The topological polar surface area (TPSA) is 96.0 Å². The number of unbranched alkanes of at least 4 members (excludes halogenated alkanes) is 1. The second-order valence-corrected chi connectivity index (χ2v) is 8.90. The molecule has 0 aliphatic heterocycles. The summed E-state index contributed by atoms with van der Waals surface area (Å²) < 4.78 is 22.4. The third kappa shape index (κ3) is 7.04. The smallest absolute Gasteiger partial charge is 0.328 e. The average Bonchev–Trinajstić information content (AvgIpc) is 2.97. The van der Waals surface area contributed by atoms with Gasteiger partial charge in [0.25, 0.3) is 5.91 Å². The van der Waals surface area contributed by atoms with Gasteiger partial charge in [-0.25, -0.2) is 4.79 Å². The van der Waals surface area contributed by atoms with Crippen LogP contribution in [0.2, 0.25) is 0 Å². The second kappa shape index (κ2) is 13.3. The first-order chi connectivity index (χ1) is 19.0. The molecule has 4 aromatic rings. The minimum atomic E-state index is -0.826. The van der Waals surface area contributed by atoms with Crippen molar-refractivity contribution in [1.82, 2.24) is 10.3 Å². The van der Waals surface area contributed by atoms with Crippen LogP contribution >= 0.6 is 0 Å². The van der Waals surface area contributed by atoms with Crippen molar-refractivity contribution in [3.8, 4) is 23.0 Å². The average molecular weight is 529 g/mol. The third-order valence-electron chi connectivity index (χ3n) is 6.17. The van der Waals surface area contributed by atoms with Crippen LogP contribution in [0.3, 0.4) is 0 Å². The number of hydrogen-bond acceptors (Lipinski definition) is 7. The highest BCUT2D eigenvalue weighted by atomic mass is 16.5. The van der Waals surface area contributed by atoms with Crippen LogP contribution in [0.4, 0.5) is 0 Å². The molecule has 3 aromatic carbocycles. The Morgan fingerprint density at radius 3 is 2.31 bits per heavy atom. The van der Waals surface area contributed by atoms with Crippen LogP contribution in [0.25, 0.3) is 10.9 Å². The van der Waals surface area contributed by atoms with E-state index in [1.807, 2.05) is 43.3 Å². The molecular weight excluding hydrogens is 496 g/mol. The summed E-state index contributed by atoms with van der Waals surface area (Å²) in [5.41, 5.74) is 2.03. The van der Waals surface area contributed by atoms with Gasteiger partial charge in [0.2, 0.25) is 0 Å². The largest absolute Gasteiger partial charge is 0.493 e. The van der Waals surface area contributed by atoms with Gasteiger partial charge in [0.15, 0.2) is 11.5 Å². The van der Waals surface area contributed by atoms with Crippen LogP contribution in [-0.4, -0.2) is 43.7 Å². The van der Waals surface area contributed by atoms with Crippen molar-refractivity contribution in [3.05, 3.63) is 90.1 Å². The maximum atomic E-state index is 12.8. The number of nitrogens with one attached hydrogen (secondary N) is 1. The number of rotatable bonds is 12. The molecule has 0 saturated heterocycles. The Bertz CT molecular complexity index is 1410. The molecule has 1 heterocycles. The summed E-state index contributed by atoms with van der Waals surface area (Å²) in [7, 11) is 3.16. The highest BCUT2D eigenvalue weighted by Crippen LogP contribution is 2.36. The zero-order chi connectivity index (χ0) is 27.6. The molecule has 202 valence electrons. The second-order valence-electron chi connectivity index (χ2n) is 8.90. The van der Waals surface area contributed by atoms with E-state index in [0.29, 0.717) is 40.7 Å². The van der Waals surface area contributed by atoms with E-state index in [2.05, 4.69) is 10.3 Å². The molecule has 0 spiro atoms. The number of pyridine rings is 1. The summed E-state index contributed by atoms with van der Waals surface area (Å²) in [6, 6.07) is 20.7. The van der Waals surface area contributed by atoms with E-state index in [9.17, 15) is 9.59 Å². The van der Waals surface area contributed by atoms with Crippen molar-refractivity contribution in [2.75, 3.05) is 20.8 Å². The highest BCUT2D eigenvalue weighted by molar-refractivity contribution is 5.96. The van der Waals surface area contributed by atoms with Gasteiger partial charge >= 0.3 is 5.97 Å². The van der Waals surface area contributed by atoms with Gasteiger partial charge in [-0.1, -0.05) is 43.7 Å². The molecule has 1 unspecified atom stereocenters. The van der Waals surface area contributed by atoms with Gasteiger partial charge in [-0.2, -0.15) is 0 Å². The summed E-state index contributed by atoms with van der Waals surface area (Å²) in [5.74, 6) is 1.59. The minimum absolute atomic E-state index is 0.277. The third-order valence-corrected chi connectivity index (χ3v) is 6.17. The fourth-order valence-corrected chi connectivity index (χ4v) is 4.03. The quantitative estimate of drug-likeness (QED) is 0.185. The van der Waals surface area contributed by atoms with Gasteiger partial charge in [0, 0.05) is 29.6 Å². The standard InChI is InChI=1S/C31H32N2O6/c1-4-5-17-38-31(35)26(33-30(34)22-9-7-6-8-10-22)18-21-11-13-23(14-12-21)39-27-15-16-32-25-20-29(37-3)28(36-2)19-24(25)27/h6-16,19-20,26H,4-5,17-18H2,1-3H3,(H,33,34). The van der Waals surface area contributed by atoms with Gasteiger partial charge in [0.05, 0.1) is 26.3 Å². The van der Waals surface area contributed by atoms with Gasteiger partial charge < -0.3 is 24.3 Å². The van der Waals surface area contributed by atoms with Crippen molar-refractivity contribution in [2.24, 2.45) is 0 Å². The normalized spacial score (nSPS) is 11.5. The lowest BCUT2D eigenvalue weighted by atomic mass is 10.0. The summed E-state index contributed by atoms with van der Waals surface area (Å²) in [6.45, 7) is 2.34. The Hall–Kier alpha value is -4.59. The van der Waals surface area contributed by atoms with Crippen LogP contribution in [-0.2, 0) is 16.0 Å². The maximum Gasteiger partial charge on any atom is 0.328 e. The van der Waals surface area contributed by atoms with E-state index < -0.39 is 12.0 Å². The number of fused-ring (bicyclic) bond motifs is 1. The molecule has 1 N–H and O–H groups in total. The summed E-state index contributed by atoms with van der Waals surface area (Å²) >= 11 is 0. The van der Waals surface area contributed by atoms with E-state index in [1.165, 1.54) is 0 Å². The first-order valence-electron chi connectivity index (χ1n) is 12.8. The number of benzene rings is 3. The lowest BCUT2D eigenvalue weighted by Gasteiger charge is -2.18. The monoisotopic (exact) mass is 528 g/mol. The van der Waals surface area contributed by atoms with E-state index in [-0.39, 0.29) is 12.3 Å². The van der Waals surface area contributed by atoms with Gasteiger partial charge in [-0.3, -0.25) is 9.78 Å². The van der Waals surface area contributed by atoms with Crippen LogP contribution in [0.15, 0.2) is 79.0 Å². The molecule has 1 amide bonds. The predicted octanol–water partition coefficient (Wildman–Crippen LogP) is 5.73. The SMILES string of the molecule is CCCCOC(=O)C(Cc1ccc(Oc2ccnc3cc(OC)c(OC)cc23)cc1)NC(=O)c1ccccc1. The summed E-state index contributed by atoms with van der Waals surface area (Å²) in [4.78, 5) is 30.0. The summed E-state index contributed by atoms with van der Waals surface area (Å²) in [5, 5.41) is 3.61. The zero-order valence-corrected chi connectivity index (χ0v) is 22.3. The van der Waals surface area contributed by atoms with Gasteiger partial charge in [0.1, 0.15) is 17.5 Å². The van der Waals surface area contributed by atoms with Crippen molar-refractivity contribution < 1.29 is 28.5 Å². The first kappa shape index (κ1) is 27.4. The molecule has 8 heteroatoms. The highest BCUT2D eigenvalue weighted by Gasteiger charge is 2.23. The number of carbonyl (C=O) groups excluding carboxylic acids is 2. The van der Waals surface area contributed by atoms with Crippen molar-refractivity contribution in [3.63, 3.8) is 0 Å². The van der Waals surface area contributed by atoms with E-state index in [4.69, 9.17) is 18.9 Å². The molecule has 0 radical (unpaired) electrons. The maximum absolute atomic E-state index is 12.8. The summed E-state index contributed by atoms with van der Waals surface area (Å²) in [6.07, 6.45) is 3.61. The molecule has 0 aliphatic carbocycles.